The van der Waals surface area contributed by atoms with Crippen LogP contribution < -0.4 is 5.32 Å². The number of amides is 1. The second-order valence-corrected chi connectivity index (χ2v) is 4.98. The van der Waals surface area contributed by atoms with Gasteiger partial charge in [0.25, 0.3) is 5.91 Å². The van der Waals surface area contributed by atoms with Gasteiger partial charge in [-0.05, 0) is 44.3 Å². The Hall–Kier alpha value is -1.29. The van der Waals surface area contributed by atoms with Crippen molar-refractivity contribution in [2.75, 3.05) is 26.2 Å². The maximum atomic E-state index is 12.3. The lowest BCUT2D eigenvalue weighted by molar-refractivity contribution is 0.0718. The summed E-state index contributed by atoms with van der Waals surface area (Å²) < 4.78 is 4.99. The SMILES string of the molecule is CCCN(CC1CCCNC1)C(=O)c1ccoc1. The molecular formula is C14H22N2O2. The molecule has 0 bridgehead atoms. The summed E-state index contributed by atoms with van der Waals surface area (Å²) >= 11 is 0. The van der Waals surface area contributed by atoms with E-state index in [-0.39, 0.29) is 5.91 Å². The molecule has 1 saturated heterocycles. The fourth-order valence-electron chi connectivity index (χ4n) is 2.51. The highest BCUT2D eigenvalue weighted by molar-refractivity contribution is 5.93. The maximum Gasteiger partial charge on any atom is 0.257 e. The Morgan fingerprint density at radius 3 is 3.11 bits per heavy atom. The van der Waals surface area contributed by atoms with Gasteiger partial charge in [-0.15, -0.1) is 0 Å². The van der Waals surface area contributed by atoms with Crippen LogP contribution in [0.25, 0.3) is 0 Å². The molecule has 1 aromatic heterocycles. The van der Waals surface area contributed by atoms with E-state index < -0.39 is 0 Å². The molecule has 1 aliphatic heterocycles. The number of furan rings is 1. The minimum Gasteiger partial charge on any atom is -0.472 e. The first-order valence-electron chi connectivity index (χ1n) is 6.83. The number of hydrogen-bond acceptors (Lipinski definition) is 3. The summed E-state index contributed by atoms with van der Waals surface area (Å²) in [4.78, 5) is 14.3. The van der Waals surface area contributed by atoms with Crippen LogP contribution in [0.1, 0.15) is 36.5 Å². The fourth-order valence-corrected chi connectivity index (χ4v) is 2.51. The molecule has 1 atom stereocenters. The Bertz CT molecular complexity index is 356. The van der Waals surface area contributed by atoms with Crippen LogP contribution in [0, 0.1) is 5.92 Å². The van der Waals surface area contributed by atoms with Crippen LogP contribution in [0.4, 0.5) is 0 Å². The number of hydrogen-bond donors (Lipinski definition) is 1. The molecule has 1 N–H and O–H groups in total. The molecule has 1 unspecified atom stereocenters. The Labute approximate surface area is 108 Å². The molecule has 18 heavy (non-hydrogen) atoms. The van der Waals surface area contributed by atoms with E-state index in [4.69, 9.17) is 4.42 Å². The van der Waals surface area contributed by atoms with Gasteiger partial charge in [0, 0.05) is 13.1 Å². The van der Waals surface area contributed by atoms with E-state index in [9.17, 15) is 4.79 Å². The first-order chi connectivity index (χ1) is 8.81. The van der Waals surface area contributed by atoms with Crippen LogP contribution in [0.3, 0.4) is 0 Å². The van der Waals surface area contributed by atoms with Gasteiger partial charge in [-0.3, -0.25) is 4.79 Å². The number of piperidine rings is 1. The van der Waals surface area contributed by atoms with E-state index in [1.54, 1.807) is 12.3 Å². The van der Waals surface area contributed by atoms with Crippen LogP contribution >= 0.6 is 0 Å². The number of nitrogens with one attached hydrogen (secondary N) is 1. The molecule has 4 nitrogen and oxygen atoms in total. The van der Waals surface area contributed by atoms with E-state index in [1.165, 1.54) is 19.1 Å². The lowest BCUT2D eigenvalue weighted by atomic mass is 9.99. The zero-order valence-electron chi connectivity index (χ0n) is 11.0. The molecule has 2 heterocycles. The molecule has 0 spiro atoms. The van der Waals surface area contributed by atoms with E-state index >= 15 is 0 Å². The van der Waals surface area contributed by atoms with Crippen LogP contribution in [0.2, 0.25) is 0 Å². The van der Waals surface area contributed by atoms with Crippen LogP contribution in [-0.4, -0.2) is 37.0 Å². The minimum atomic E-state index is 0.0937. The minimum absolute atomic E-state index is 0.0937. The summed E-state index contributed by atoms with van der Waals surface area (Å²) in [5.41, 5.74) is 0.659. The van der Waals surface area contributed by atoms with Gasteiger partial charge >= 0.3 is 0 Å². The molecule has 0 aliphatic carbocycles. The van der Waals surface area contributed by atoms with Crippen molar-refractivity contribution < 1.29 is 9.21 Å². The topological polar surface area (TPSA) is 45.5 Å². The quantitative estimate of drug-likeness (QED) is 0.870. The van der Waals surface area contributed by atoms with E-state index in [0.29, 0.717) is 11.5 Å². The molecule has 100 valence electrons. The van der Waals surface area contributed by atoms with Gasteiger partial charge in [0.1, 0.15) is 6.26 Å². The van der Waals surface area contributed by atoms with Crippen molar-refractivity contribution in [1.82, 2.24) is 10.2 Å². The third kappa shape index (κ3) is 3.35. The largest absolute Gasteiger partial charge is 0.472 e. The van der Waals surface area contributed by atoms with Crippen LogP contribution in [-0.2, 0) is 0 Å². The molecule has 1 fully saturated rings. The Morgan fingerprint density at radius 1 is 1.61 bits per heavy atom. The highest BCUT2D eigenvalue weighted by Crippen LogP contribution is 2.14. The molecule has 0 saturated carbocycles. The van der Waals surface area contributed by atoms with Gasteiger partial charge in [0.05, 0.1) is 11.8 Å². The molecule has 2 rings (SSSR count). The second kappa shape index (κ2) is 6.59. The molecule has 1 aliphatic rings. The average Bonchev–Trinajstić information content (AvgIpc) is 2.92. The first-order valence-corrected chi connectivity index (χ1v) is 6.83. The van der Waals surface area contributed by atoms with Crippen molar-refractivity contribution in [3.8, 4) is 0 Å². The Balaban J connectivity index is 1.96. The van der Waals surface area contributed by atoms with Crippen molar-refractivity contribution in [2.45, 2.75) is 26.2 Å². The zero-order valence-corrected chi connectivity index (χ0v) is 11.0. The normalized spacial score (nSPS) is 19.7. The van der Waals surface area contributed by atoms with Gasteiger partial charge in [0.15, 0.2) is 0 Å². The third-order valence-corrected chi connectivity index (χ3v) is 3.43. The maximum absolute atomic E-state index is 12.3. The average molecular weight is 250 g/mol. The van der Waals surface area contributed by atoms with Crippen molar-refractivity contribution in [3.63, 3.8) is 0 Å². The molecule has 0 radical (unpaired) electrons. The van der Waals surface area contributed by atoms with Gasteiger partial charge in [-0.25, -0.2) is 0 Å². The molecular weight excluding hydrogens is 228 g/mol. The number of carbonyl (C=O) groups excluding carboxylic acids is 1. The Morgan fingerprint density at radius 2 is 2.50 bits per heavy atom. The number of carbonyl (C=O) groups is 1. The van der Waals surface area contributed by atoms with Gasteiger partial charge in [-0.2, -0.15) is 0 Å². The van der Waals surface area contributed by atoms with E-state index in [0.717, 1.165) is 32.6 Å². The second-order valence-electron chi connectivity index (χ2n) is 4.98. The van der Waals surface area contributed by atoms with Crippen LogP contribution in [0.15, 0.2) is 23.0 Å². The van der Waals surface area contributed by atoms with Gasteiger partial charge < -0.3 is 14.6 Å². The third-order valence-electron chi connectivity index (χ3n) is 3.43. The molecule has 0 aromatic carbocycles. The summed E-state index contributed by atoms with van der Waals surface area (Å²) in [5, 5.41) is 3.40. The number of rotatable bonds is 5. The lowest BCUT2D eigenvalue weighted by Gasteiger charge is -2.29. The van der Waals surface area contributed by atoms with Gasteiger partial charge in [-0.1, -0.05) is 6.92 Å². The summed E-state index contributed by atoms with van der Waals surface area (Å²) in [7, 11) is 0. The van der Waals surface area contributed by atoms with Crippen LogP contribution in [0.5, 0.6) is 0 Å². The number of nitrogens with zero attached hydrogens (tertiary/aromatic N) is 1. The summed E-state index contributed by atoms with van der Waals surface area (Å²) in [6, 6.07) is 1.74. The smallest absolute Gasteiger partial charge is 0.257 e. The first kappa shape index (κ1) is 13.1. The highest BCUT2D eigenvalue weighted by Gasteiger charge is 2.21. The van der Waals surface area contributed by atoms with Gasteiger partial charge in [0.2, 0.25) is 0 Å². The van der Waals surface area contributed by atoms with Crippen molar-refractivity contribution >= 4 is 5.91 Å². The van der Waals surface area contributed by atoms with Crippen molar-refractivity contribution in [2.24, 2.45) is 5.92 Å². The fraction of sp³-hybridized carbons (Fsp3) is 0.643. The van der Waals surface area contributed by atoms with E-state index in [2.05, 4.69) is 12.2 Å². The standard InChI is InChI=1S/C14H22N2O2/c1-2-7-16(10-12-4-3-6-15-9-12)14(17)13-5-8-18-11-13/h5,8,11-12,15H,2-4,6-7,9-10H2,1H3. The molecule has 1 amide bonds. The predicted octanol–water partition coefficient (Wildman–Crippen LogP) is 2.13. The Kier molecular flexibility index (Phi) is 4.81. The lowest BCUT2D eigenvalue weighted by Crippen LogP contribution is -2.41. The summed E-state index contributed by atoms with van der Waals surface area (Å²) in [5.74, 6) is 0.678. The zero-order chi connectivity index (χ0) is 12.8. The van der Waals surface area contributed by atoms with Crippen molar-refractivity contribution in [1.29, 1.82) is 0 Å². The monoisotopic (exact) mass is 250 g/mol. The van der Waals surface area contributed by atoms with E-state index in [1.807, 2.05) is 4.90 Å². The summed E-state index contributed by atoms with van der Waals surface area (Å²) in [6.45, 7) is 5.92. The molecule has 4 heteroatoms. The summed E-state index contributed by atoms with van der Waals surface area (Å²) in [6.07, 6.45) is 6.50. The van der Waals surface area contributed by atoms with Crippen molar-refractivity contribution in [3.05, 3.63) is 24.2 Å². The highest BCUT2D eigenvalue weighted by atomic mass is 16.3. The predicted molar refractivity (Wildman–Crippen MR) is 70.5 cm³/mol. The molecule has 1 aromatic rings.